The largest absolute Gasteiger partial charge is 0.479 e. The highest BCUT2D eigenvalue weighted by Crippen LogP contribution is 2.24. The second-order valence-electron chi connectivity index (χ2n) is 6.10. The molecule has 2 unspecified atom stereocenters. The number of nitrogens with one attached hydrogen (secondary N) is 2. The van der Waals surface area contributed by atoms with Gasteiger partial charge in [0.2, 0.25) is 11.8 Å². The van der Waals surface area contributed by atoms with Gasteiger partial charge in [0.1, 0.15) is 0 Å². The van der Waals surface area contributed by atoms with E-state index in [1.165, 1.54) is 18.3 Å². The summed E-state index contributed by atoms with van der Waals surface area (Å²) in [7, 11) is 0. The van der Waals surface area contributed by atoms with Crippen molar-refractivity contribution in [3.63, 3.8) is 0 Å². The van der Waals surface area contributed by atoms with Crippen molar-refractivity contribution in [2.24, 2.45) is 0 Å². The monoisotopic (exact) mass is 374 g/mol. The Balaban J connectivity index is 2.17. The predicted octanol–water partition coefficient (Wildman–Crippen LogP) is 2.87. The van der Waals surface area contributed by atoms with Crippen LogP contribution in [-0.4, -0.2) is 22.9 Å². The zero-order chi connectivity index (χ0) is 19.3. The molecule has 2 rings (SSSR count). The molecule has 7 heteroatoms. The van der Waals surface area contributed by atoms with Crippen LogP contribution in [0, 0.1) is 13.8 Å². The van der Waals surface area contributed by atoms with Gasteiger partial charge >= 0.3 is 5.97 Å². The number of rotatable bonds is 7. The third kappa shape index (κ3) is 4.92. The van der Waals surface area contributed by atoms with Crippen LogP contribution in [0.3, 0.4) is 0 Å². The molecule has 0 saturated carbocycles. The van der Waals surface area contributed by atoms with Gasteiger partial charge in [0, 0.05) is 11.8 Å². The van der Waals surface area contributed by atoms with Crippen LogP contribution in [0.1, 0.15) is 47.0 Å². The van der Waals surface area contributed by atoms with Crippen molar-refractivity contribution in [2.75, 3.05) is 0 Å². The van der Waals surface area contributed by atoms with Crippen molar-refractivity contribution in [3.05, 3.63) is 57.3 Å². The van der Waals surface area contributed by atoms with Gasteiger partial charge in [-0.3, -0.25) is 9.59 Å². The van der Waals surface area contributed by atoms with E-state index in [9.17, 15) is 19.5 Å². The molecule has 2 amide bonds. The van der Waals surface area contributed by atoms with Crippen molar-refractivity contribution >= 4 is 29.1 Å². The quantitative estimate of drug-likeness (QED) is 0.694. The Morgan fingerprint density at radius 3 is 2.42 bits per heavy atom. The molecule has 0 saturated heterocycles. The Morgan fingerprint density at radius 2 is 1.85 bits per heavy atom. The fourth-order valence-electron chi connectivity index (χ4n) is 2.72. The number of hydrogen-bond acceptors (Lipinski definition) is 4. The molecule has 26 heavy (non-hydrogen) atoms. The first-order chi connectivity index (χ1) is 12.3. The molecule has 1 aromatic heterocycles. The summed E-state index contributed by atoms with van der Waals surface area (Å²) in [5.74, 6) is -1.81. The number of carboxylic acids is 1. The van der Waals surface area contributed by atoms with Gasteiger partial charge in [-0.25, -0.2) is 4.79 Å². The summed E-state index contributed by atoms with van der Waals surface area (Å²) in [6.07, 6.45) is -0.0330. The molecule has 2 atom stereocenters. The maximum atomic E-state index is 12.5. The molecule has 0 aliphatic rings. The molecule has 1 heterocycles. The first-order valence-electron chi connectivity index (χ1n) is 8.18. The van der Waals surface area contributed by atoms with E-state index in [0.717, 1.165) is 16.0 Å². The van der Waals surface area contributed by atoms with E-state index in [2.05, 4.69) is 10.6 Å². The van der Waals surface area contributed by atoms with Gasteiger partial charge in [0.25, 0.3) is 0 Å². The minimum Gasteiger partial charge on any atom is -0.479 e. The van der Waals surface area contributed by atoms with Gasteiger partial charge in [-0.15, -0.1) is 11.3 Å². The molecule has 0 aliphatic carbocycles. The lowest BCUT2D eigenvalue weighted by Gasteiger charge is -2.21. The molecule has 0 aliphatic heterocycles. The second-order valence-corrected chi connectivity index (χ2v) is 7.08. The van der Waals surface area contributed by atoms with E-state index in [4.69, 9.17) is 0 Å². The zero-order valence-corrected chi connectivity index (χ0v) is 15.7. The number of aliphatic carboxylic acids is 1. The van der Waals surface area contributed by atoms with Crippen molar-refractivity contribution in [2.45, 2.75) is 39.3 Å². The van der Waals surface area contributed by atoms with Crippen LogP contribution in [0.5, 0.6) is 0 Å². The highest BCUT2D eigenvalue weighted by atomic mass is 32.1. The SMILES string of the molecule is CC(=O)NC(CC(=O)NC(C(=O)O)c1cccc(C)c1C)c1cccs1. The second kappa shape index (κ2) is 8.62. The van der Waals surface area contributed by atoms with Crippen LogP contribution in [0.2, 0.25) is 0 Å². The van der Waals surface area contributed by atoms with Crippen LogP contribution in [0.4, 0.5) is 0 Å². The highest BCUT2D eigenvalue weighted by molar-refractivity contribution is 7.10. The lowest BCUT2D eigenvalue weighted by molar-refractivity contribution is -0.142. The topological polar surface area (TPSA) is 95.5 Å². The molecule has 1 aromatic carbocycles. The molecule has 0 radical (unpaired) electrons. The summed E-state index contributed by atoms with van der Waals surface area (Å²) >= 11 is 1.43. The van der Waals surface area contributed by atoms with Gasteiger partial charge in [-0.2, -0.15) is 0 Å². The smallest absolute Gasteiger partial charge is 0.330 e. The van der Waals surface area contributed by atoms with E-state index in [1.54, 1.807) is 12.1 Å². The Hall–Kier alpha value is -2.67. The maximum absolute atomic E-state index is 12.5. The van der Waals surface area contributed by atoms with E-state index in [1.807, 2.05) is 37.4 Å². The molecule has 0 bridgehead atoms. The number of benzene rings is 1. The van der Waals surface area contributed by atoms with Crippen LogP contribution in [0.15, 0.2) is 35.7 Å². The number of aryl methyl sites for hydroxylation is 1. The standard InChI is InChI=1S/C19H22N2O4S/c1-11-6-4-7-14(12(11)2)18(19(24)25)21-17(23)10-15(20-13(3)22)16-8-5-9-26-16/h4-9,15,18H,10H2,1-3H3,(H,20,22)(H,21,23)(H,24,25). The fourth-order valence-corrected chi connectivity index (χ4v) is 3.50. The Bertz CT molecular complexity index is 802. The summed E-state index contributed by atoms with van der Waals surface area (Å²) in [4.78, 5) is 36.5. The summed E-state index contributed by atoms with van der Waals surface area (Å²) < 4.78 is 0. The van der Waals surface area contributed by atoms with Crippen LogP contribution >= 0.6 is 11.3 Å². The van der Waals surface area contributed by atoms with Crippen molar-refractivity contribution in [1.29, 1.82) is 0 Å². The maximum Gasteiger partial charge on any atom is 0.330 e. The number of thiophene rings is 1. The molecule has 6 nitrogen and oxygen atoms in total. The summed E-state index contributed by atoms with van der Waals surface area (Å²) in [6.45, 7) is 5.11. The van der Waals surface area contributed by atoms with Crippen molar-refractivity contribution < 1.29 is 19.5 Å². The molecule has 138 valence electrons. The summed E-state index contributed by atoms with van der Waals surface area (Å²) in [5.41, 5.74) is 2.34. The number of carbonyl (C=O) groups is 3. The minimum absolute atomic E-state index is 0.0330. The Kier molecular flexibility index (Phi) is 6.52. The Labute approximate surface area is 156 Å². The highest BCUT2D eigenvalue weighted by Gasteiger charge is 2.26. The van der Waals surface area contributed by atoms with E-state index < -0.39 is 24.0 Å². The van der Waals surface area contributed by atoms with Gasteiger partial charge in [0.15, 0.2) is 6.04 Å². The van der Waals surface area contributed by atoms with Crippen LogP contribution < -0.4 is 10.6 Å². The third-order valence-corrected chi connectivity index (χ3v) is 5.15. The van der Waals surface area contributed by atoms with Crippen molar-refractivity contribution in [3.8, 4) is 0 Å². The lowest BCUT2D eigenvalue weighted by Crippen LogP contribution is -2.37. The van der Waals surface area contributed by atoms with Gasteiger partial charge in [-0.1, -0.05) is 24.3 Å². The Morgan fingerprint density at radius 1 is 1.12 bits per heavy atom. The summed E-state index contributed by atoms with van der Waals surface area (Å²) in [5, 5.41) is 16.8. The lowest BCUT2D eigenvalue weighted by atomic mass is 9.97. The van der Waals surface area contributed by atoms with Gasteiger partial charge < -0.3 is 15.7 Å². The first-order valence-corrected chi connectivity index (χ1v) is 9.06. The number of carboxylic acid groups (broad SMARTS) is 1. The van der Waals surface area contributed by atoms with Crippen molar-refractivity contribution in [1.82, 2.24) is 10.6 Å². The number of amides is 2. The molecule has 0 fully saturated rings. The van der Waals surface area contributed by atoms with Gasteiger partial charge in [0.05, 0.1) is 12.5 Å². The van der Waals surface area contributed by atoms with Gasteiger partial charge in [-0.05, 0) is 42.0 Å². The molecule has 3 N–H and O–H groups in total. The molecule has 2 aromatic rings. The van der Waals surface area contributed by atoms with E-state index >= 15 is 0 Å². The molecular formula is C19H22N2O4S. The minimum atomic E-state index is -1.14. The zero-order valence-electron chi connectivity index (χ0n) is 14.9. The normalized spacial score (nSPS) is 12.9. The third-order valence-electron chi connectivity index (χ3n) is 4.16. The average Bonchev–Trinajstić information content (AvgIpc) is 3.09. The molecule has 0 spiro atoms. The van der Waals surface area contributed by atoms with Crippen LogP contribution in [-0.2, 0) is 14.4 Å². The van der Waals surface area contributed by atoms with E-state index in [0.29, 0.717) is 5.56 Å². The number of hydrogen-bond donors (Lipinski definition) is 3. The van der Waals surface area contributed by atoms with E-state index in [-0.39, 0.29) is 12.3 Å². The average molecular weight is 374 g/mol. The first kappa shape index (κ1) is 19.7. The fraction of sp³-hybridized carbons (Fsp3) is 0.316. The number of carbonyl (C=O) groups excluding carboxylic acids is 2. The van der Waals surface area contributed by atoms with Crippen LogP contribution in [0.25, 0.3) is 0 Å². The summed E-state index contributed by atoms with van der Waals surface area (Å²) in [6, 6.07) is 7.41. The predicted molar refractivity (Wildman–Crippen MR) is 99.9 cm³/mol. The molecular weight excluding hydrogens is 352 g/mol.